The van der Waals surface area contributed by atoms with Crippen molar-refractivity contribution in [2.75, 3.05) is 6.61 Å². The number of hydrogen-bond acceptors (Lipinski definition) is 1. The molecular formula is C11H9NO. The highest BCUT2D eigenvalue weighted by molar-refractivity contribution is 5.90. The molecule has 2 aromatic rings. The van der Waals surface area contributed by atoms with E-state index in [0.29, 0.717) is 6.61 Å². The predicted molar refractivity (Wildman–Crippen MR) is 52.8 cm³/mol. The van der Waals surface area contributed by atoms with E-state index in [0.717, 1.165) is 11.3 Å². The van der Waals surface area contributed by atoms with E-state index in [1.807, 2.05) is 18.3 Å². The summed E-state index contributed by atoms with van der Waals surface area (Å²) in [6, 6.07) is 6.20. The summed E-state index contributed by atoms with van der Waals surface area (Å²) in [6.45, 7) is 0.678. The van der Waals surface area contributed by atoms with Gasteiger partial charge < -0.3 is 9.72 Å². The Bertz CT molecular complexity index is 482. The molecule has 1 aromatic carbocycles. The Balaban J connectivity index is 2.42. The summed E-state index contributed by atoms with van der Waals surface area (Å²) in [5, 5.41) is 1.17. The number of aromatic amines is 1. The number of hydrogen-bond donors (Lipinski definition) is 1. The van der Waals surface area contributed by atoms with Gasteiger partial charge in [-0.3, -0.25) is 0 Å². The summed E-state index contributed by atoms with van der Waals surface area (Å²) >= 11 is 0. The van der Waals surface area contributed by atoms with Gasteiger partial charge in [0.2, 0.25) is 0 Å². The molecule has 0 unspecified atom stereocenters. The van der Waals surface area contributed by atoms with Gasteiger partial charge in [-0.1, -0.05) is 6.08 Å². The van der Waals surface area contributed by atoms with E-state index in [-0.39, 0.29) is 0 Å². The summed E-state index contributed by atoms with van der Waals surface area (Å²) in [6.07, 6.45) is 6.07. The minimum Gasteiger partial charge on any atom is -0.488 e. The van der Waals surface area contributed by atoms with E-state index in [1.54, 1.807) is 0 Å². The molecule has 0 radical (unpaired) electrons. The van der Waals surface area contributed by atoms with Crippen molar-refractivity contribution in [3.8, 4) is 5.75 Å². The fourth-order valence-corrected chi connectivity index (χ4v) is 1.72. The highest BCUT2D eigenvalue weighted by atomic mass is 16.5. The predicted octanol–water partition coefficient (Wildman–Crippen LogP) is 2.57. The SMILES string of the molecule is C1=Cc2ccc3[nH]ccc3c2OC1. The van der Waals surface area contributed by atoms with Crippen LogP contribution in [0.1, 0.15) is 5.56 Å². The molecule has 2 heterocycles. The standard InChI is InChI=1S/C11H9NO/c1-2-8-3-4-10-9(5-6-12-10)11(8)13-7-1/h1-6,12H,7H2. The molecule has 2 nitrogen and oxygen atoms in total. The van der Waals surface area contributed by atoms with Crippen LogP contribution in [-0.4, -0.2) is 11.6 Å². The molecule has 1 N–H and O–H groups in total. The Morgan fingerprint density at radius 1 is 1.23 bits per heavy atom. The zero-order valence-electron chi connectivity index (χ0n) is 7.08. The van der Waals surface area contributed by atoms with Crippen molar-refractivity contribution in [1.29, 1.82) is 0 Å². The lowest BCUT2D eigenvalue weighted by molar-refractivity contribution is 0.363. The lowest BCUT2D eigenvalue weighted by atomic mass is 10.1. The Morgan fingerprint density at radius 2 is 2.23 bits per heavy atom. The molecule has 3 rings (SSSR count). The van der Waals surface area contributed by atoms with Crippen molar-refractivity contribution in [2.24, 2.45) is 0 Å². The van der Waals surface area contributed by atoms with Gasteiger partial charge in [-0.25, -0.2) is 0 Å². The Kier molecular flexibility index (Phi) is 1.25. The van der Waals surface area contributed by atoms with Crippen LogP contribution in [0.15, 0.2) is 30.5 Å². The third-order valence-corrected chi connectivity index (χ3v) is 2.34. The molecule has 0 atom stereocenters. The first-order valence-electron chi connectivity index (χ1n) is 4.34. The normalized spacial score (nSPS) is 14.2. The highest BCUT2D eigenvalue weighted by Gasteiger charge is 2.09. The van der Waals surface area contributed by atoms with E-state index in [9.17, 15) is 0 Å². The van der Waals surface area contributed by atoms with Gasteiger partial charge in [-0.2, -0.15) is 0 Å². The monoisotopic (exact) mass is 171 g/mol. The lowest BCUT2D eigenvalue weighted by Gasteiger charge is -2.12. The number of nitrogens with one attached hydrogen (secondary N) is 1. The average molecular weight is 171 g/mol. The van der Waals surface area contributed by atoms with E-state index >= 15 is 0 Å². The van der Waals surface area contributed by atoms with Gasteiger partial charge >= 0.3 is 0 Å². The molecule has 1 aliphatic heterocycles. The molecule has 0 amide bonds. The van der Waals surface area contributed by atoms with E-state index in [2.05, 4.69) is 23.2 Å². The first kappa shape index (κ1) is 6.78. The van der Waals surface area contributed by atoms with Gasteiger partial charge in [0.05, 0.1) is 0 Å². The van der Waals surface area contributed by atoms with E-state index in [4.69, 9.17) is 4.74 Å². The summed E-state index contributed by atoms with van der Waals surface area (Å²) in [7, 11) is 0. The number of H-pyrrole nitrogens is 1. The molecule has 0 bridgehead atoms. The Morgan fingerprint density at radius 3 is 3.23 bits per heavy atom. The van der Waals surface area contributed by atoms with Crippen molar-refractivity contribution in [3.05, 3.63) is 36.0 Å². The second-order valence-corrected chi connectivity index (χ2v) is 3.14. The molecule has 0 spiro atoms. The van der Waals surface area contributed by atoms with Crippen LogP contribution in [0, 0.1) is 0 Å². The molecule has 1 aromatic heterocycles. The zero-order valence-corrected chi connectivity index (χ0v) is 7.08. The maximum Gasteiger partial charge on any atom is 0.136 e. The van der Waals surface area contributed by atoms with Crippen LogP contribution in [0.4, 0.5) is 0 Å². The minimum absolute atomic E-state index is 0.678. The summed E-state index contributed by atoms with van der Waals surface area (Å²) < 4.78 is 5.59. The number of benzene rings is 1. The number of aromatic nitrogens is 1. The quantitative estimate of drug-likeness (QED) is 0.647. The van der Waals surface area contributed by atoms with Gasteiger partial charge in [0.15, 0.2) is 0 Å². The van der Waals surface area contributed by atoms with Gasteiger partial charge in [0, 0.05) is 22.7 Å². The summed E-state index contributed by atoms with van der Waals surface area (Å²) in [5.41, 5.74) is 2.30. The fraction of sp³-hybridized carbons (Fsp3) is 0.0909. The molecule has 13 heavy (non-hydrogen) atoms. The van der Waals surface area contributed by atoms with Crippen molar-refractivity contribution in [2.45, 2.75) is 0 Å². The topological polar surface area (TPSA) is 25.0 Å². The molecule has 2 heteroatoms. The molecule has 64 valence electrons. The third kappa shape index (κ3) is 0.886. The maximum atomic E-state index is 5.59. The molecule has 0 saturated heterocycles. The minimum atomic E-state index is 0.678. The van der Waals surface area contributed by atoms with Crippen molar-refractivity contribution >= 4 is 17.0 Å². The van der Waals surface area contributed by atoms with Crippen molar-refractivity contribution in [1.82, 2.24) is 4.98 Å². The van der Waals surface area contributed by atoms with Crippen LogP contribution in [-0.2, 0) is 0 Å². The second kappa shape index (κ2) is 2.39. The molecule has 1 aliphatic rings. The lowest BCUT2D eigenvalue weighted by Crippen LogP contribution is -1.99. The van der Waals surface area contributed by atoms with E-state index in [1.165, 1.54) is 10.9 Å². The fourth-order valence-electron chi connectivity index (χ4n) is 1.72. The van der Waals surface area contributed by atoms with Crippen LogP contribution in [0.5, 0.6) is 5.75 Å². The Labute approximate surface area is 75.8 Å². The third-order valence-electron chi connectivity index (χ3n) is 2.34. The summed E-state index contributed by atoms with van der Waals surface area (Å²) in [4.78, 5) is 3.17. The summed E-state index contributed by atoms with van der Waals surface area (Å²) in [5.74, 6) is 1.00. The van der Waals surface area contributed by atoms with E-state index < -0.39 is 0 Å². The average Bonchev–Trinajstić information content (AvgIpc) is 2.65. The Hall–Kier alpha value is -1.70. The van der Waals surface area contributed by atoms with Gasteiger partial charge in [0.25, 0.3) is 0 Å². The zero-order chi connectivity index (χ0) is 8.67. The number of ether oxygens (including phenoxy) is 1. The maximum absolute atomic E-state index is 5.59. The molecular weight excluding hydrogens is 162 g/mol. The van der Waals surface area contributed by atoms with Crippen LogP contribution >= 0.6 is 0 Å². The number of rotatable bonds is 0. The van der Waals surface area contributed by atoms with Crippen LogP contribution in [0.3, 0.4) is 0 Å². The van der Waals surface area contributed by atoms with Crippen molar-refractivity contribution in [3.63, 3.8) is 0 Å². The highest BCUT2D eigenvalue weighted by Crippen LogP contribution is 2.32. The molecule has 0 aliphatic carbocycles. The smallest absolute Gasteiger partial charge is 0.136 e. The first-order chi connectivity index (χ1) is 6.45. The van der Waals surface area contributed by atoms with Gasteiger partial charge in [-0.15, -0.1) is 0 Å². The number of fused-ring (bicyclic) bond motifs is 3. The van der Waals surface area contributed by atoms with Gasteiger partial charge in [0.1, 0.15) is 12.4 Å². The van der Waals surface area contributed by atoms with Crippen molar-refractivity contribution < 1.29 is 4.74 Å². The van der Waals surface area contributed by atoms with Gasteiger partial charge in [-0.05, 0) is 24.3 Å². The van der Waals surface area contributed by atoms with Crippen LogP contribution in [0.2, 0.25) is 0 Å². The molecule has 0 fully saturated rings. The largest absolute Gasteiger partial charge is 0.488 e. The molecule has 0 saturated carbocycles. The van der Waals surface area contributed by atoms with Crippen LogP contribution in [0.25, 0.3) is 17.0 Å². The van der Waals surface area contributed by atoms with Crippen LogP contribution < -0.4 is 4.74 Å². The first-order valence-corrected chi connectivity index (χ1v) is 4.34. The second-order valence-electron chi connectivity index (χ2n) is 3.14.